The Kier molecular flexibility index (Phi) is 5.35. The van der Waals surface area contributed by atoms with Gasteiger partial charge in [0.05, 0.1) is 5.69 Å². The molecule has 0 aliphatic rings. The zero-order valence-electron chi connectivity index (χ0n) is 12.3. The Labute approximate surface area is 157 Å². The van der Waals surface area contributed by atoms with Crippen molar-refractivity contribution in [2.45, 2.75) is 9.59 Å². The smallest absolute Gasteiger partial charge is 0.235 e. The highest BCUT2D eigenvalue weighted by Gasteiger charge is 2.21. The molecule has 3 rings (SSSR count). The van der Waals surface area contributed by atoms with Gasteiger partial charge in [-0.1, -0.05) is 65.0 Å². The third-order valence-corrected chi connectivity index (χ3v) is 6.02. The van der Waals surface area contributed by atoms with Gasteiger partial charge in [-0.2, -0.15) is 0 Å². The van der Waals surface area contributed by atoms with Crippen molar-refractivity contribution >= 4 is 52.8 Å². The Morgan fingerprint density at radius 1 is 1.21 bits per heavy atom. The Balaban J connectivity index is 1.90. The minimum atomic E-state index is -0.509. The molecule has 3 aromatic rings. The molecule has 0 spiro atoms. The normalized spacial score (nSPS) is 12.0. The minimum Gasteiger partial charge on any atom is -0.368 e. The zero-order valence-corrected chi connectivity index (χ0v) is 15.5. The van der Waals surface area contributed by atoms with E-state index < -0.39 is 11.2 Å². The Morgan fingerprint density at radius 2 is 1.88 bits per heavy atom. The van der Waals surface area contributed by atoms with Gasteiger partial charge in [0.15, 0.2) is 8.29 Å². The van der Waals surface area contributed by atoms with Crippen LogP contribution in [0.15, 0.2) is 58.9 Å². The van der Waals surface area contributed by atoms with E-state index in [1.165, 1.54) is 23.1 Å². The molecule has 0 fully saturated rings. The average molecular weight is 394 g/mol. The first kappa shape index (κ1) is 17.2. The molecule has 1 atom stereocenters. The summed E-state index contributed by atoms with van der Waals surface area (Å²) < 4.78 is 2.93. The fourth-order valence-corrected chi connectivity index (χ4v) is 4.70. The number of hydrogen-bond acceptors (Lipinski definition) is 5. The predicted molar refractivity (Wildman–Crippen MR) is 102 cm³/mol. The molecule has 4 nitrogen and oxygen atoms in total. The molecule has 0 saturated heterocycles. The van der Waals surface area contributed by atoms with E-state index in [4.69, 9.17) is 29.6 Å². The molecule has 2 aromatic carbocycles. The van der Waals surface area contributed by atoms with Crippen molar-refractivity contribution in [3.8, 4) is 5.69 Å². The van der Waals surface area contributed by atoms with Gasteiger partial charge in [0.1, 0.15) is 5.25 Å². The van der Waals surface area contributed by atoms with E-state index in [-0.39, 0.29) is 0 Å². The van der Waals surface area contributed by atoms with E-state index in [2.05, 4.69) is 5.10 Å². The summed E-state index contributed by atoms with van der Waals surface area (Å²) in [6, 6.07) is 16.6. The number of hydrogen-bond donors (Lipinski definition) is 1. The SMILES string of the molecule is NC(=O)[C@H](Sc1nn(-c2ccc(Cl)cc2)c(=S)s1)c1ccccc1. The van der Waals surface area contributed by atoms with Gasteiger partial charge in [0.2, 0.25) is 5.91 Å². The van der Waals surface area contributed by atoms with Crippen LogP contribution in [0.4, 0.5) is 0 Å². The highest BCUT2D eigenvalue weighted by Crippen LogP contribution is 2.36. The lowest BCUT2D eigenvalue weighted by atomic mass is 10.1. The molecule has 0 aliphatic carbocycles. The molecule has 8 heteroatoms. The largest absolute Gasteiger partial charge is 0.368 e. The second-order valence-electron chi connectivity index (χ2n) is 4.83. The average Bonchev–Trinajstić information content (AvgIpc) is 2.94. The predicted octanol–water partition coefficient (Wildman–Crippen LogP) is 4.64. The van der Waals surface area contributed by atoms with Crippen LogP contribution in [-0.4, -0.2) is 15.7 Å². The van der Waals surface area contributed by atoms with Crippen LogP contribution < -0.4 is 5.73 Å². The van der Waals surface area contributed by atoms with Crippen LogP contribution in [0.2, 0.25) is 5.02 Å². The third kappa shape index (κ3) is 3.87. The lowest BCUT2D eigenvalue weighted by Gasteiger charge is -2.11. The summed E-state index contributed by atoms with van der Waals surface area (Å²) in [4.78, 5) is 11.8. The molecule has 0 unspecified atom stereocenters. The number of rotatable bonds is 5. The molecule has 0 radical (unpaired) electrons. The maximum Gasteiger partial charge on any atom is 0.235 e. The number of nitrogens with zero attached hydrogens (tertiary/aromatic N) is 2. The van der Waals surface area contributed by atoms with Crippen LogP contribution in [0, 0.1) is 3.95 Å². The number of halogens is 1. The Morgan fingerprint density at radius 3 is 2.50 bits per heavy atom. The molecule has 2 N–H and O–H groups in total. The van der Waals surface area contributed by atoms with E-state index in [1.54, 1.807) is 16.8 Å². The standard InChI is InChI=1S/C16H12ClN3OS3/c17-11-6-8-12(9-7-11)20-16(22)24-15(19-20)23-13(14(18)21)10-4-2-1-3-5-10/h1-9,13H,(H2,18,21)/t13-/m1/s1. The molecular formula is C16H12ClN3OS3. The highest BCUT2D eigenvalue weighted by atomic mass is 35.5. The molecule has 0 aliphatic heterocycles. The summed E-state index contributed by atoms with van der Waals surface area (Å²) in [6.45, 7) is 0. The number of carbonyl (C=O) groups excluding carboxylic acids is 1. The van der Waals surface area contributed by atoms with Crippen molar-refractivity contribution in [1.82, 2.24) is 9.78 Å². The fraction of sp³-hybridized carbons (Fsp3) is 0.0625. The van der Waals surface area contributed by atoms with Crippen molar-refractivity contribution in [1.29, 1.82) is 0 Å². The van der Waals surface area contributed by atoms with Crippen LogP contribution in [0.5, 0.6) is 0 Å². The van der Waals surface area contributed by atoms with Gasteiger partial charge >= 0.3 is 0 Å². The van der Waals surface area contributed by atoms with Crippen LogP contribution in [-0.2, 0) is 4.79 Å². The number of nitrogens with two attached hydrogens (primary N) is 1. The van der Waals surface area contributed by atoms with Gasteiger partial charge in [0, 0.05) is 5.02 Å². The highest BCUT2D eigenvalue weighted by molar-refractivity contribution is 8.02. The second-order valence-corrected chi connectivity index (χ2v) is 8.24. The summed E-state index contributed by atoms with van der Waals surface area (Å²) in [5.74, 6) is -0.412. The van der Waals surface area contributed by atoms with Crippen molar-refractivity contribution < 1.29 is 4.79 Å². The van der Waals surface area contributed by atoms with E-state index in [0.717, 1.165) is 11.3 Å². The van der Waals surface area contributed by atoms with Gasteiger partial charge < -0.3 is 5.73 Å². The van der Waals surface area contributed by atoms with Crippen LogP contribution in [0.3, 0.4) is 0 Å². The monoisotopic (exact) mass is 393 g/mol. The number of amides is 1. The van der Waals surface area contributed by atoms with Crippen molar-refractivity contribution in [3.63, 3.8) is 0 Å². The lowest BCUT2D eigenvalue weighted by Crippen LogP contribution is -2.18. The summed E-state index contributed by atoms with van der Waals surface area (Å²) >= 11 is 13.9. The summed E-state index contributed by atoms with van der Waals surface area (Å²) in [7, 11) is 0. The molecule has 24 heavy (non-hydrogen) atoms. The van der Waals surface area contributed by atoms with Gasteiger partial charge in [-0.25, -0.2) is 4.68 Å². The second kappa shape index (κ2) is 7.48. The van der Waals surface area contributed by atoms with Gasteiger partial charge in [-0.05, 0) is 42.0 Å². The number of benzene rings is 2. The number of thioether (sulfide) groups is 1. The lowest BCUT2D eigenvalue weighted by molar-refractivity contribution is -0.117. The Hall–Kier alpha value is -1.67. The minimum absolute atomic E-state index is 0.412. The van der Waals surface area contributed by atoms with Gasteiger partial charge in [-0.3, -0.25) is 4.79 Å². The first-order valence-corrected chi connectivity index (χ1v) is 9.40. The van der Waals surface area contributed by atoms with Crippen LogP contribution >= 0.6 is 46.9 Å². The summed E-state index contributed by atoms with van der Waals surface area (Å²) in [5, 5.41) is 4.64. The van der Waals surface area contributed by atoms with Crippen molar-refractivity contribution in [2.75, 3.05) is 0 Å². The van der Waals surface area contributed by atoms with Crippen molar-refractivity contribution in [3.05, 3.63) is 69.1 Å². The first-order chi connectivity index (χ1) is 11.5. The maximum atomic E-state index is 11.8. The zero-order chi connectivity index (χ0) is 17.1. The summed E-state index contributed by atoms with van der Waals surface area (Å²) in [5.41, 5.74) is 7.22. The van der Waals surface area contributed by atoms with E-state index in [9.17, 15) is 4.79 Å². The Bertz CT molecular complexity index is 906. The number of primary amides is 1. The van der Waals surface area contributed by atoms with Crippen molar-refractivity contribution in [2.24, 2.45) is 5.73 Å². The fourth-order valence-electron chi connectivity index (χ4n) is 2.07. The number of aromatic nitrogens is 2. The van der Waals surface area contributed by atoms with E-state index >= 15 is 0 Å². The molecule has 1 aromatic heterocycles. The van der Waals surface area contributed by atoms with Crippen LogP contribution in [0.25, 0.3) is 5.69 Å². The molecule has 0 bridgehead atoms. The molecule has 1 amide bonds. The molecule has 0 saturated carbocycles. The topological polar surface area (TPSA) is 60.9 Å². The molecule has 1 heterocycles. The maximum absolute atomic E-state index is 11.8. The first-order valence-electron chi connectivity index (χ1n) is 6.91. The molecule has 122 valence electrons. The third-order valence-electron chi connectivity index (χ3n) is 3.18. The van der Waals surface area contributed by atoms with Gasteiger partial charge in [0.25, 0.3) is 0 Å². The van der Waals surface area contributed by atoms with Crippen LogP contribution in [0.1, 0.15) is 10.8 Å². The van der Waals surface area contributed by atoms with E-state index in [1.807, 2.05) is 42.5 Å². The summed E-state index contributed by atoms with van der Waals surface area (Å²) in [6.07, 6.45) is 0. The van der Waals surface area contributed by atoms with E-state index in [0.29, 0.717) is 13.3 Å². The number of carbonyl (C=O) groups is 1. The quantitative estimate of drug-likeness (QED) is 0.507. The van der Waals surface area contributed by atoms with Gasteiger partial charge in [-0.15, -0.1) is 5.10 Å². The molecular weight excluding hydrogens is 382 g/mol.